The molecule has 0 radical (unpaired) electrons. The van der Waals surface area contributed by atoms with Crippen LogP contribution in [0.4, 0.5) is 0 Å². The summed E-state index contributed by atoms with van der Waals surface area (Å²) in [6.45, 7) is 0. The van der Waals surface area contributed by atoms with Crippen molar-refractivity contribution in [1.82, 2.24) is 5.32 Å². The topological polar surface area (TPSA) is 29.1 Å². The van der Waals surface area contributed by atoms with E-state index < -0.39 is 0 Å². The molecule has 130 valence electrons. The maximum Gasteiger partial charge on any atom is 0.252 e. The van der Waals surface area contributed by atoms with Crippen LogP contribution in [-0.2, 0) is 4.79 Å². The van der Waals surface area contributed by atoms with Crippen molar-refractivity contribution in [2.24, 2.45) is 0 Å². The molecule has 0 heterocycles. The lowest BCUT2D eigenvalue weighted by Crippen LogP contribution is -2.35. The molecule has 0 aliphatic heterocycles. The maximum absolute atomic E-state index is 13.0. The van der Waals surface area contributed by atoms with E-state index >= 15 is 0 Å². The van der Waals surface area contributed by atoms with Gasteiger partial charge in [-0.25, -0.2) is 0 Å². The molecule has 1 aliphatic carbocycles. The van der Waals surface area contributed by atoms with Crippen molar-refractivity contribution in [1.29, 1.82) is 0 Å². The Balaban J connectivity index is 1.81. The van der Waals surface area contributed by atoms with E-state index in [9.17, 15) is 4.79 Å². The van der Waals surface area contributed by atoms with Crippen molar-refractivity contribution in [3.63, 3.8) is 0 Å². The van der Waals surface area contributed by atoms with E-state index in [1.807, 2.05) is 66.7 Å². The van der Waals surface area contributed by atoms with Crippen LogP contribution in [0.3, 0.4) is 0 Å². The molecular formula is C23H27NO. The van der Waals surface area contributed by atoms with Gasteiger partial charge in [0.25, 0.3) is 5.91 Å². The lowest BCUT2D eigenvalue weighted by atomic mass is 9.95. The van der Waals surface area contributed by atoms with Crippen LogP contribution in [0.15, 0.2) is 60.7 Å². The molecule has 2 aromatic rings. The first-order valence-corrected chi connectivity index (χ1v) is 9.46. The Hall–Kier alpha value is -2.35. The van der Waals surface area contributed by atoms with Crippen LogP contribution in [0.25, 0.3) is 11.6 Å². The van der Waals surface area contributed by atoms with Gasteiger partial charge in [0.05, 0.1) is 0 Å². The van der Waals surface area contributed by atoms with E-state index in [1.165, 1.54) is 32.1 Å². The molecule has 1 N–H and O–H groups in total. The summed E-state index contributed by atoms with van der Waals surface area (Å²) in [6.07, 6.45) is 10.5. The minimum Gasteiger partial charge on any atom is -0.349 e. The van der Waals surface area contributed by atoms with Gasteiger partial charge in [-0.2, -0.15) is 0 Å². The Morgan fingerprint density at radius 3 is 2.00 bits per heavy atom. The summed E-state index contributed by atoms with van der Waals surface area (Å²) in [4.78, 5) is 13.0. The smallest absolute Gasteiger partial charge is 0.252 e. The van der Waals surface area contributed by atoms with E-state index in [0.29, 0.717) is 6.04 Å². The zero-order valence-corrected chi connectivity index (χ0v) is 14.8. The van der Waals surface area contributed by atoms with Crippen molar-refractivity contribution < 1.29 is 4.79 Å². The van der Waals surface area contributed by atoms with Crippen LogP contribution >= 0.6 is 0 Å². The molecule has 2 heteroatoms. The molecule has 1 saturated carbocycles. The number of rotatable bonds is 4. The summed E-state index contributed by atoms with van der Waals surface area (Å²) >= 11 is 0. The zero-order chi connectivity index (χ0) is 17.3. The third-order valence-electron chi connectivity index (χ3n) is 4.88. The normalized spacial score (nSPS) is 16.7. The Labute approximate surface area is 151 Å². The summed E-state index contributed by atoms with van der Waals surface area (Å²) in [5.41, 5.74) is 2.76. The number of carbonyl (C=O) groups is 1. The molecule has 2 aromatic carbocycles. The average Bonchev–Trinajstić information content (AvgIpc) is 2.63. The summed E-state index contributed by atoms with van der Waals surface area (Å²) in [5, 5.41) is 3.30. The summed E-state index contributed by atoms with van der Waals surface area (Å²) < 4.78 is 0. The highest BCUT2D eigenvalue weighted by molar-refractivity contribution is 6.24. The Kier molecular flexibility index (Phi) is 6.44. The van der Waals surface area contributed by atoms with Crippen molar-refractivity contribution >= 4 is 17.6 Å². The van der Waals surface area contributed by atoms with E-state index in [4.69, 9.17) is 0 Å². The number of carbonyl (C=O) groups excluding carboxylic acids is 1. The molecule has 0 saturated heterocycles. The van der Waals surface area contributed by atoms with Gasteiger partial charge in [-0.3, -0.25) is 4.79 Å². The quantitative estimate of drug-likeness (QED) is 0.584. The highest BCUT2D eigenvalue weighted by Gasteiger charge is 2.18. The summed E-state index contributed by atoms with van der Waals surface area (Å²) in [7, 11) is 0. The lowest BCUT2D eigenvalue weighted by molar-refractivity contribution is -0.116. The molecule has 3 rings (SSSR count). The SMILES string of the molecule is O=C(NC1CCCCCCC1)/C(=C\c1ccccc1)c1ccccc1. The van der Waals surface area contributed by atoms with Gasteiger partial charge < -0.3 is 5.32 Å². The molecule has 25 heavy (non-hydrogen) atoms. The fourth-order valence-electron chi connectivity index (χ4n) is 3.48. The number of nitrogens with one attached hydrogen (secondary N) is 1. The second-order valence-electron chi connectivity index (χ2n) is 6.85. The number of amides is 1. The predicted octanol–water partition coefficient (Wildman–Crippen LogP) is 5.46. The molecule has 0 atom stereocenters. The van der Waals surface area contributed by atoms with E-state index in [-0.39, 0.29) is 5.91 Å². The van der Waals surface area contributed by atoms with Gasteiger partial charge in [0.1, 0.15) is 0 Å². The maximum atomic E-state index is 13.0. The molecule has 0 bridgehead atoms. The van der Waals surface area contributed by atoms with Gasteiger partial charge in [0.15, 0.2) is 0 Å². The van der Waals surface area contributed by atoms with Gasteiger partial charge >= 0.3 is 0 Å². The van der Waals surface area contributed by atoms with Crippen LogP contribution in [0.1, 0.15) is 56.1 Å². The van der Waals surface area contributed by atoms with Crippen molar-refractivity contribution in [3.8, 4) is 0 Å². The van der Waals surface area contributed by atoms with Gasteiger partial charge in [0, 0.05) is 11.6 Å². The van der Waals surface area contributed by atoms with Gasteiger partial charge in [-0.15, -0.1) is 0 Å². The molecule has 0 unspecified atom stereocenters. The predicted molar refractivity (Wildman–Crippen MR) is 105 cm³/mol. The van der Waals surface area contributed by atoms with Crippen LogP contribution in [0.2, 0.25) is 0 Å². The van der Waals surface area contributed by atoms with Crippen LogP contribution < -0.4 is 5.32 Å². The van der Waals surface area contributed by atoms with Gasteiger partial charge in [-0.1, -0.05) is 92.8 Å². The summed E-state index contributed by atoms with van der Waals surface area (Å²) in [5.74, 6) is 0.0422. The minimum absolute atomic E-state index is 0.0422. The Morgan fingerprint density at radius 1 is 0.800 bits per heavy atom. The largest absolute Gasteiger partial charge is 0.349 e. The summed E-state index contributed by atoms with van der Waals surface area (Å²) in [6, 6.07) is 20.3. The molecular weight excluding hydrogens is 306 g/mol. The minimum atomic E-state index is 0.0422. The van der Waals surface area contributed by atoms with Crippen LogP contribution in [-0.4, -0.2) is 11.9 Å². The first-order chi connectivity index (χ1) is 12.3. The third kappa shape index (κ3) is 5.32. The Bertz CT molecular complexity index is 683. The number of hydrogen-bond acceptors (Lipinski definition) is 1. The molecule has 1 fully saturated rings. The van der Waals surface area contributed by atoms with E-state index in [1.54, 1.807) is 0 Å². The molecule has 2 nitrogen and oxygen atoms in total. The van der Waals surface area contributed by atoms with Crippen molar-refractivity contribution in [2.75, 3.05) is 0 Å². The second-order valence-corrected chi connectivity index (χ2v) is 6.85. The van der Waals surface area contributed by atoms with Crippen LogP contribution in [0.5, 0.6) is 0 Å². The molecule has 1 amide bonds. The Morgan fingerprint density at radius 2 is 1.36 bits per heavy atom. The van der Waals surface area contributed by atoms with Crippen molar-refractivity contribution in [2.45, 2.75) is 51.0 Å². The lowest BCUT2D eigenvalue weighted by Gasteiger charge is -2.22. The van der Waals surface area contributed by atoms with E-state index in [0.717, 1.165) is 29.5 Å². The number of hydrogen-bond donors (Lipinski definition) is 1. The fourth-order valence-corrected chi connectivity index (χ4v) is 3.48. The second kappa shape index (κ2) is 9.22. The van der Waals surface area contributed by atoms with Gasteiger partial charge in [-0.05, 0) is 30.0 Å². The van der Waals surface area contributed by atoms with Crippen LogP contribution in [0, 0.1) is 0 Å². The molecule has 1 aliphatic rings. The van der Waals surface area contributed by atoms with E-state index in [2.05, 4.69) is 5.32 Å². The standard InChI is InChI=1S/C23H27NO/c25-23(24-21-16-10-2-1-3-11-17-21)22(20-14-8-5-9-15-20)18-19-12-6-4-7-13-19/h4-9,12-15,18,21H,1-3,10-11,16-17H2,(H,24,25)/b22-18-. The number of benzene rings is 2. The fraction of sp³-hybridized carbons (Fsp3) is 0.348. The molecule has 0 spiro atoms. The first-order valence-electron chi connectivity index (χ1n) is 9.46. The highest BCUT2D eigenvalue weighted by Crippen LogP contribution is 2.21. The monoisotopic (exact) mass is 333 g/mol. The molecule has 0 aromatic heterocycles. The zero-order valence-electron chi connectivity index (χ0n) is 14.8. The van der Waals surface area contributed by atoms with Gasteiger partial charge in [0.2, 0.25) is 0 Å². The highest BCUT2D eigenvalue weighted by atomic mass is 16.1. The average molecular weight is 333 g/mol. The van der Waals surface area contributed by atoms with Crippen molar-refractivity contribution in [3.05, 3.63) is 71.8 Å². The first kappa shape index (κ1) is 17.5. The third-order valence-corrected chi connectivity index (χ3v) is 4.88.